The SMILES string of the molecule is COc1ccc(F)c(CCCNC(=O)C(C)C)c1. The summed E-state index contributed by atoms with van der Waals surface area (Å²) in [6.45, 7) is 4.25. The Morgan fingerprint density at radius 2 is 2.17 bits per heavy atom. The predicted octanol–water partition coefficient (Wildman–Crippen LogP) is 2.54. The Labute approximate surface area is 107 Å². The van der Waals surface area contributed by atoms with Crippen LogP contribution in [-0.2, 0) is 11.2 Å². The van der Waals surface area contributed by atoms with Gasteiger partial charge in [0.25, 0.3) is 0 Å². The maximum absolute atomic E-state index is 13.5. The highest BCUT2D eigenvalue weighted by Gasteiger charge is 2.07. The second-order valence-electron chi connectivity index (χ2n) is 4.51. The molecule has 1 amide bonds. The molecule has 0 unspecified atom stereocenters. The predicted molar refractivity (Wildman–Crippen MR) is 69.1 cm³/mol. The highest BCUT2D eigenvalue weighted by Crippen LogP contribution is 2.17. The number of hydrogen-bond donors (Lipinski definition) is 1. The highest BCUT2D eigenvalue weighted by atomic mass is 19.1. The van der Waals surface area contributed by atoms with Gasteiger partial charge in [-0.1, -0.05) is 13.8 Å². The minimum absolute atomic E-state index is 0.0152. The largest absolute Gasteiger partial charge is 0.497 e. The van der Waals surface area contributed by atoms with Crippen molar-refractivity contribution in [2.24, 2.45) is 5.92 Å². The molecule has 0 aromatic heterocycles. The zero-order valence-electron chi connectivity index (χ0n) is 11.1. The van der Waals surface area contributed by atoms with Crippen LogP contribution in [0.25, 0.3) is 0 Å². The number of benzene rings is 1. The zero-order valence-corrected chi connectivity index (χ0v) is 11.1. The number of carbonyl (C=O) groups excluding carboxylic acids is 1. The van der Waals surface area contributed by atoms with Gasteiger partial charge in [-0.3, -0.25) is 4.79 Å². The van der Waals surface area contributed by atoms with E-state index in [2.05, 4.69) is 5.32 Å². The van der Waals surface area contributed by atoms with Crippen molar-refractivity contribution in [3.05, 3.63) is 29.6 Å². The third kappa shape index (κ3) is 4.35. The molecule has 1 N–H and O–H groups in total. The van der Waals surface area contributed by atoms with Gasteiger partial charge in [0.15, 0.2) is 0 Å². The first-order valence-corrected chi connectivity index (χ1v) is 6.14. The molecule has 0 saturated heterocycles. The lowest BCUT2D eigenvalue weighted by Gasteiger charge is -2.08. The quantitative estimate of drug-likeness (QED) is 0.791. The summed E-state index contributed by atoms with van der Waals surface area (Å²) in [6, 6.07) is 4.69. The van der Waals surface area contributed by atoms with Crippen LogP contribution in [0.5, 0.6) is 5.75 Å². The lowest BCUT2D eigenvalue weighted by molar-refractivity contribution is -0.123. The Bertz CT molecular complexity index is 405. The Kier molecular flexibility index (Phi) is 5.62. The van der Waals surface area contributed by atoms with Crippen LogP contribution in [0.15, 0.2) is 18.2 Å². The number of hydrogen-bond acceptors (Lipinski definition) is 2. The Hall–Kier alpha value is -1.58. The van der Waals surface area contributed by atoms with E-state index in [9.17, 15) is 9.18 Å². The normalized spacial score (nSPS) is 10.5. The van der Waals surface area contributed by atoms with E-state index in [0.29, 0.717) is 30.7 Å². The molecule has 0 fully saturated rings. The summed E-state index contributed by atoms with van der Waals surface area (Å²) in [5, 5.41) is 2.81. The van der Waals surface area contributed by atoms with Crippen LogP contribution in [0, 0.1) is 11.7 Å². The first-order chi connectivity index (χ1) is 8.54. The monoisotopic (exact) mass is 253 g/mol. The van der Waals surface area contributed by atoms with Gasteiger partial charge in [-0.2, -0.15) is 0 Å². The average molecular weight is 253 g/mol. The van der Waals surface area contributed by atoms with Crippen molar-refractivity contribution in [3.8, 4) is 5.75 Å². The molecular formula is C14H20FNO2. The summed E-state index contributed by atoms with van der Waals surface area (Å²) in [5.41, 5.74) is 0.619. The highest BCUT2D eigenvalue weighted by molar-refractivity contribution is 5.77. The minimum Gasteiger partial charge on any atom is -0.497 e. The molecule has 0 atom stereocenters. The molecule has 3 nitrogen and oxygen atoms in total. The summed E-state index contributed by atoms with van der Waals surface area (Å²) in [6.07, 6.45) is 1.30. The van der Waals surface area contributed by atoms with Crippen molar-refractivity contribution in [2.75, 3.05) is 13.7 Å². The van der Waals surface area contributed by atoms with Crippen LogP contribution in [0.4, 0.5) is 4.39 Å². The van der Waals surface area contributed by atoms with E-state index in [4.69, 9.17) is 4.74 Å². The maximum atomic E-state index is 13.5. The topological polar surface area (TPSA) is 38.3 Å². The van der Waals surface area contributed by atoms with Gasteiger partial charge in [0.05, 0.1) is 7.11 Å². The molecule has 1 aromatic rings. The van der Waals surface area contributed by atoms with Crippen molar-refractivity contribution in [2.45, 2.75) is 26.7 Å². The zero-order chi connectivity index (χ0) is 13.5. The summed E-state index contributed by atoms with van der Waals surface area (Å²) in [4.78, 5) is 11.3. The Morgan fingerprint density at radius 1 is 1.44 bits per heavy atom. The van der Waals surface area contributed by atoms with Gasteiger partial charge in [0.1, 0.15) is 11.6 Å². The minimum atomic E-state index is -0.231. The lowest BCUT2D eigenvalue weighted by atomic mass is 10.1. The van der Waals surface area contributed by atoms with Crippen LogP contribution in [0.2, 0.25) is 0 Å². The van der Waals surface area contributed by atoms with E-state index in [1.54, 1.807) is 19.2 Å². The molecule has 0 spiro atoms. The Balaban J connectivity index is 2.41. The van der Waals surface area contributed by atoms with Crippen LogP contribution in [0.1, 0.15) is 25.8 Å². The molecule has 1 rings (SSSR count). The summed E-state index contributed by atoms with van der Waals surface area (Å²) < 4.78 is 18.5. The Morgan fingerprint density at radius 3 is 2.78 bits per heavy atom. The molecule has 0 aliphatic rings. The number of ether oxygens (including phenoxy) is 1. The van der Waals surface area contributed by atoms with Crippen LogP contribution >= 0.6 is 0 Å². The molecule has 4 heteroatoms. The third-order valence-electron chi connectivity index (χ3n) is 2.70. The van der Waals surface area contributed by atoms with Crippen LogP contribution in [-0.4, -0.2) is 19.6 Å². The molecule has 0 heterocycles. The molecule has 18 heavy (non-hydrogen) atoms. The number of nitrogens with one attached hydrogen (secondary N) is 1. The van der Waals surface area contributed by atoms with E-state index < -0.39 is 0 Å². The van der Waals surface area contributed by atoms with Crippen molar-refractivity contribution in [1.82, 2.24) is 5.32 Å². The summed E-state index contributed by atoms with van der Waals surface area (Å²) in [5.74, 6) is 0.434. The van der Waals surface area contributed by atoms with Crippen molar-refractivity contribution in [1.29, 1.82) is 0 Å². The van der Waals surface area contributed by atoms with E-state index in [1.165, 1.54) is 6.07 Å². The molecule has 0 aliphatic heterocycles. The van der Waals surface area contributed by atoms with E-state index in [-0.39, 0.29) is 17.6 Å². The fraction of sp³-hybridized carbons (Fsp3) is 0.500. The fourth-order valence-corrected chi connectivity index (χ4v) is 1.56. The molecule has 100 valence electrons. The van der Waals surface area contributed by atoms with Crippen molar-refractivity contribution in [3.63, 3.8) is 0 Å². The molecule has 0 radical (unpaired) electrons. The van der Waals surface area contributed by atoms with Gasteiger partial charge in [0.2, 0.25) is 5.91 Å². The number of amides is 1. The van der Waals surface area contributed by atoms with E-state index in [0.717, 1.165) is 0 Å². The van der Waals surface area contributed by atoms with Crippen LogP contribution in [0.3, 0.4) is 0 Å². The van der Waals surface area contributed by atoms with Gasteiger partial charge >= 0.3 is 0 Å². The fourth-order valence-electron chi connectivity index (χ4n) is 1.56. The molecule has 0 saturated carbocycles. The van der Waals surface area contributed by atoms with Gasteiger partial charge in [0, 0.05) is 12.5 Å². The van der Waals surface area contributed by atoms with Crippen molar-refractivity contribution >= 4 is 5.91 Å². The molecule has 0 bridgehead atoms. The summed E-state index contributed by atoms with van der Waals surface area (Å²) >= 11 is 0. The maximum Gasteiger partial charge on any atom is 0.222 e. The first kappa shape index (κ1) is 14.5. The number of halogens is 1. The lowest BCUT2D eigenvalue weighted by Crippen LogP contribution is -2.28. The van der Waals surface area contributed by atoms with Gasteiger partial charge in [-0.25, -0.2) is 4.39 Å². The smallest absolute Gasteiger partial charge is 0.222 e. The second-order valence-corrected chi connectivity index (χ2v) is 4.51. The molecule has 0 aliphatic carbocycles. The second kappa shape index (κ2) is 6.99. The first-order valence-electron chi connectivity index (χ1n) is 6.14. The number of carbonyl (C=O) groups is 1. The standard InChI is InChI=1S/C14H20FNO2/c1-10(2)14(17)16-8-4-5-11-9-12(18-3)6-7-13(11)15/h6-7,9-10H,4-5,8H2,1-3H3,(H,16,17). The van der Waals surface area contributed by atoms with Gasteiger partial charge < -0.3 is 10.1 Å². The number of aryl methyl sites for hydroxylation is 1. The summed E-state index contributed by atoms with van der Waals surface area (Å²) in [7, 11) is 1.56. The molecular weight excluding hydrogens is 233 g/mol. The van der Waals surface area contributed by atoms with Gasteiger partial charge in [-0.05, 0) is 36.6 Å². The van der Waals surface area contributed by atoms with Crippen LogP contribution < -0.4 is 10.1 Å². The van der Waals surface area contributed by atoms with Crippen molar-refractivity contribution < 1.29 is 13.9 Å². The average Bonchev–Trinajstić information content (AvgIpc) is 2.36. The van der Waals surface area contributed by atoms with E-state index in [1.807, 2.05) is 13.8 Å². The third-order valence-corrected chi connectivity index (χ3v) is 2.70. The number of rotatable bonds is 6. The number of methoxy groups -OCH3 is 1. The molecule has 1 aromatic carbocycles. The van der Waals surface area contributed by atoms with Gasteiger partial charge in [-0.15, -0.1) is 0 Å². The van der Waals surface area contributed by atoms with E-state index >= 15 is 0 Å².